The van der Waals surface area contributed by atoms with E-state index in [1.54, 1.807) is 6.92 Å². The zero-order valence-corrected chi connectivity index (χ0v) is 13.1. The summed E-state index contributed by atoms with van der Waals surface area (Å²) < 4.78 is 5.87. The molecule has 19 heavy (non-hydrogen) atoms. The fourth-order valence-electron chi connectivity index (χ4n) is 1.95. The Bertz CT molecular complexity index is 454. The lowest BCUT2D eigenvalue weighted by molar-refractivity contribution is -0.153. The molecule has 104 valence electrons. The van der Waals surface area contributed by atoms with E-state index < -0.39 is 11.9 Å². The molecule has 0 aromatic heterocycles. The molecule has 1 rings (SSSR count). The van der Waals surface area contributed by atoms with Crippen LogP contribution in [0.4, 0.5) is 0 Å². The van der Waals surface area contributed by atoms with E-state index in [1.165, 1.54) is 0 Å². The average molecular weight is 327 g/mol. The van der Waals surface area contributed by atoms with Gasteiger partial charge in [-0.05, 0) is 24.5 Å². The number of rotatable bonds is 6. The lowest BCUT2D eigenvalue weighted by Crippen LogP contribution is -2.31. The largest absolute Gasteiger partial charge is 0.465 e. The molecule has 4 heteroatoms. The van der Waals surface area contributed by atoms with E-state index in [0.29, 0.717) is 6.61 Å². The zero-order chi connectivity index (χ0) is 14.4. The molecule has 0 saturated carbocycles. The fraction of sp³-hybridized carbons (Fsp3) is 0.467. The highest BCUT2D eigenvalue weighted by Gasteiger charge is 2.31. The van der Waals surface area contributed by atoms with Gasteiger partial charge in [0, 0.05) is 10.9 Å². The Kier molecular flexibility index (Phi) is 6.22. The minimum Gasteiger partial charge on any atom is -0.465 e. The predicted octanol–water partition coefficient (Wildman–Crippen LogP) is 3.40. The number of hydrogen-bond acceptors (Lipinski definition) is 3. The Hall–Kier alpha value is -1.16. The molecule has 1 unspecified atom stereocenters. The highest BCUT2D eigenvalue weighted by molar-refractivity contribution is 9.10. The summed E-state index contributed by atoms with van der Waals surface area (Å²) in [4.78, 5) is 24.1. The van der Waals surface area contributed by atoms with E-state index >= 15 is 0 Å². The first-order chi connectivity index (χ1) is 8.97. The third kappa shape index (κ3) is 4.46. The van der Waals surface area contributed by atoms with Crippen molar-refractivity contribution in [2.75, 3.05) is 6.61 Å². The number of Topliss-reactive ketones (excluding diaryl/α,β-unsaturated/α-hetero) is 1. The first-order valence-electron chi connectivity index (χ1n) is 6.40. The van der Waals surface area contributed by atoms with Gasteiger partial charge in [-0.1, -0.05) is 48.0 Å². The standard InChI is InChI=1S/C15H19BrO3/c1-4-19-15(18)14(10(2)3)13(17)9-11-7-5-6-8-12(11)16/h5-8,10,14H,4,9H2,1-3H3. The molecule has 3 nitrogen and oxygen atoms in total. The molecular formula is C15H19BrO3. The minimum atomic E-state index is -0.688. The molecule has 0 aliphatic carbocycles. The number of esters is 1. The lowest BCUT2D eigenvalue weighted by atomic mass is 9.88. The van der Waals surface area contributed by atoms with Crippen molar-refractivity contribution >= 4 is 27.7 Å². The Morgan fingerprint density at radius 3 is 2.42 bits per heavy atom. The fourth-order valence-corrected chi connectivity index (χ4v) is 2.37. The van der Waals surface area contributed by atoms with Crippen LogP contribution in [0, 0.1) is 11.8 Å². The SMILES string of the molecule is CCOC(=O)C(C(=O)Cc1ccccc1Br)C(C)C. The molecule has 1 atom stereocenters. The molecule has 0 amide bonds. The highest BCUT2D eigenvalue weighted by atomic mass is 79.9. The molecule has 0 N–H and O–H groups in total. The summed E-state index contributed by atoms with van der Waals surface area (Å²) in [7, 11) is 0. The number of carbonyl (C=O) groups is 2. The molecule has 0 heterocycles. The Morgan fingerprint density at radius 2 is 1.89 bits per heavy atom. The van der Waals surface area contributed by atoms with Crippen LogP contribution in [0.2, 0.25) is 0 Å². The predicted molar refractivity (Wildman–Crippen MR) is 77.8 cm³/mol. The van der Waals surface area contributed by atoms with Crippen molar-refractivity contribution < 1.29 is 14.3 Å². The minimum absolute atomic E-state index is 0.0611. The Morgan fingerprint density at radius 1 is 1.26 bits per heavy atom. The Labute approximate surface area is 122 Å². The number of carbonyl (C=O) groups excluding carboxylic acids is 2. The number of benzene rings is 1. The molecule has 0 fully saturated rings. The third-order valence-electron chi connectivity index (χ3n) is 2.88. The smallest absolute Gasteiger partial charge is 0.316 e. The van der Waals surface area contributed by atoms with Gasteiger partial charge in [-0.3, -0.25) is 9.59 Å². The van der Waals surface area contributed by atoms with Crippen molar-refractivity contribution in [1.82, 2.24) is 0 Å². The van der Waals surface area contributed by atoms with Crippen molar-refractivity contribution in [3.8, 4) is 0 Å². The normalized spacial score (nSPS) is 12.3. The molecule has 0 bridgehead atoms. The Balaban J connectivity index is 2.84. The van der Waals surface area contributed by atoms with Crippen LogP contribution in [-0.4, -0.2) is 18.4 Å². The van der Waals surface area contributed by atoms with Crippen LogP contribution < -0.4 is 0 Å². The number of ketones is 1. The second kappa shape index (κ2) is 7.43. The molecule has 0 aliphatic rings. The van der Waals surface area contributed by atoms with Gasteiger partial charge in [-0.15, -0.1) is 0 Å². The lowest BCUT2D eigenvalue weighted by Gasteiger charge is -2.18. The summed E-state index contributed by atoms with van der Waals surface area (Å²) in [6.45, 7) is 5.76. The molecule has 0 radical (unpaired) electrons. The van der Waals surface area contributed by atoms with Crippen LogP contribution in [0.5, 0.6) is 0 Å². The maximum Gasteiger partial charge on any atom is 0.316 e. The van der Waals surface area contributed by atoms with Crippen LogP contribution in [0.3, 0.4) is 0 Å². The second-order valence-corrected chi connectivity index (χ2v) is 5.56. The van der Waals surface area contributed by atoms with Crippen LogP contribution in [0.25, 0.3) is 0 Å². The molecule has 0 spiro atoms. The molecular weight excluding hydrogens is 308 g/mol. The first kappa shape index (κ1) is 15.9. The van der Waals surface area contributed by atoms with Crippen molar-refractivity contribution in [1.29, 1.82) is 0 Å². The summed E-state index contributed by atoms with van der Waals surface area (Å²) in [5, 5.41) is 0. The van der Waals surface area contributed by atoms with Crippen LogP contribution in [-0.2, 0) is 20.7 Å². The van der Waals surface area contributed by atoms with Gasteiger partial charge in [0.1, 0.15) is 5.92 Å². The molecule has 0 saturated heterocycles. The monoisotopic (exact) mass is 326 g/mol. The van der Waals surface area contributed by atoms with Gasteiger partial charge in [-0.25, -0.2) is 0 Å². The van der Waals surface area contributed by atoms with Crippen LogP contribution >= 0.6 is 15.9 Å². The van der Waals surface area contributed by atoms with E-state index in [4.69, 9.17) is 4.74 Å². The molecule has 1 aromatic rings. The van der Waals surface area contributed by atoms with Crippen molar-refractivity contribution in [3.05, 3.63) is 34.3 Å². The number of ether oxygens (including phenoxy) is 1. The maximum absolute atomic E-state index is 12.3. The van der Waals surface area contributed by atoms with E-state index in [2.05, 4.69) is 15.9 Å². The zero-order valence-electron chi connectivity index (χ0n) is 11.5. The summed E-state index contributed by atoms with van der Waals surface area (Å²) in [6, 6.07) is 7.54. The summed E-state index contributed by atoms with van der Waals surface area (Å²) in [5.74, 6) is -1.27. The van der Waals surface area contributed by atoms with Gasteiger partial charge < -0.3 is 4.74 Å². The van der Waals surface area contributed by atoms with Gasteiger partial charge in [0.15, 0.2) is 5.78 Å². The summed E-state index contributed by atoms with van der Waals surface area (Å²) in [6.07, 6.45) is 0.239. The van der Waals surface area contributed by atoms with E-state index in [9.17, 15) is 9.59 Å². The van der Waals surface area contributed by atoms with Gasteiger partial charge in [0.05, 0.1) is 6.61 Å². The van der Waals surface area contributed by atoms with E-state index in [-0.39, 0.29) is 18.1 Å². The maximum atomic E-state index is 12.3. The van der Waals surface area contributed by atoms with E-state index in [0.717, 1.165) is 10.0 Å². The third-order valence-corrected chi connectivity index (χ3v) is 3.65. The van der Waals surface area contributed by atoms with Gasteiger partial charge in [-0.2, -0.15) is 0 Å². The van der Waals surface area contributed by atoms with E-state index in [1.807, 2.05) is 38.1 Å². The van der Waals surface area contributed by atoms with Crippen molar-refractivity contribution in [2.45, 2.75) is 27.2 Å². The molecule has 1 aromatic carbocycles. The average Bonchev–Trinajstić information content (AvgIpc) is 2.32. The van der Waals surface area contributed by atoms with Crippen LogP contribution in [0.1, 0.15) is 26.3 Å². The van der Waals surface area contributed by atoms with Crippen LogP contribution in [0.15, 0.2) is 28.7 Å². The van der Waals surface area contributed by atoms with Gasteiger partial charge in [0.25, 0.3) is 0 Å². The van der Waals surface area contributed by atoms with Crippen molar-refractivity contribution in [2.24, 2.45) is 11.8 Å². The number of hydrogen-bond donors (Lipinski definition) is 0. The van der Waals surface area contributed by atoms with Gasteiger partial charge in [0.2, 0.25) is 0 Å². The van der Waals surface area contributed by atoms with Crippen molar-refractivity contribution in [3.63, 3.8) is 0 Å². The molecule has 0 aliphatic heterocycles. The second-order valence-electron chi connectivity index (χ2n) is 4.71. The quantitative estimate of drug-likeness (QED) is 0.594. The summed E-state index contributed by atoms with van der Waals surface area (Å²) >= 11 is 3.41. The highest BCUT2D eigenvalue weighted by Crippen LogP contribution is 2.21. The van der Waals surface area contributed by atoms with Gasteiger partial charge >= 0.3 is 5.97 Å². The number of halogens is 1. The topological polar surface area (TPSA) is 43.4 Å². The first-order valence-corrected chi connectivity index (χ1v) is 7.19. The summed E-state index contributed by atoms with van der Waals surface area (Å²) in [5.41, 5.74) is 0.891.